The van der Waals surface area contributed by atoms with E-state index in [0.717, 1.165) is 13.1 Å². The van der Waals surface area contributed by atoms with Crippen LogP contribution in [-0.2, 0) is 0 Å². The van der Waals surface area contributed by atoms with Crippen LogP contribution in [0.2, 0.25) is 0 Å². The number of benzene rings is 1. The first-order chi connectivity index (χ1) is 9.09. The van der Waals surface area contributed by atoms with Crippen molar-refractivity contribution in [2.75, 3.05) is 13.1 Å². The third-order valence-corrected chi connectivity index (χ3v) is 4.80. The highest BCUT2D eigenvalue weighted by molar-refractivity contribution is 5.19. The minimum absolute atomic E-state index is 0.259. The van der Waals surface area contributed by atoms with E-state index >= 15 is 0 Å². The van der Waals surface area contributed by atoms with Crippen LogP contribution in [0, 0.1) is 0 Å². The van der Waals surface area contributed by atoms with Gasteiger partial charge in [0.25, 0.3) is 0 Å². The van der Waals surface area contributed by atoms with Crippen molar-refractivity contribution in [3.63, 3.8) is 0 Å². The average Bonchev–Trinajstić information content (AvgIpc) is 2.47. The summed E-state index contributed by atoms with van der Waals surface area (Å²) in [5.74, 6) is 0. The fraction of sp³-hybridized carbons (Fsp3) is 0.647. The van der Waals surface area contributed by atoms with Gasteiger partial charge in [-0.15, -0.1) is 0 Å². The van der Waals surface area contributed by atoms with Crippen LogP contribution in [0.4, 0.5) is 0 Å². The number of nitrogens with one attached hydrogen (secondary N) is 1. The highest BCUT2D eigenvalue weighted by Crippen LogP contribution is 2.29. The van der Waals surface area contributed by atoms with Crippen LogP contribution in [-0.4, -0.2) is 29.6 Å². The molecule has 0 spiro atoms. The maximum absolute atomic E-state index is 3.74. The minimum Gasteiger partial charge on any atom is -0.309 e. The molecule has 3 atom stereocenters. The van der Waals surface area contributed by atoms with Gasteiger partial charge in [-0.3, -0.25) is 4.90 Å². The average molecular weight is 260 g/mol. The Hall–Kier alpha value is -0.860. The number of hydrogen-bond donors (Lipinski definition) is 1. The third kappa shape index (κ3) is 3.18. The molecule has 1 aromatic carbocycles. The molecule has 1 fully saturated rings. The zero-order chi connectivity index (χ0) is 13.9. The van der Waals surface area contributed by atoms with E-state index in [2.05, 4.69) is 68.2 Å². The maximum atomic E-state index is 3.74. The molecule has 0 amide bonds. The van der Waals surface area contributed by atoms with Crippen molar-refractivity contribution in [1.82, 2.24) is 10.2 Å². The van der Waals surface area contributed by atoms with Crippen molar-refractivity contribution in [3.8, 4) is 0 Å². The van der Waals surface area contributed by atoms with Gasteiger partial charge in [0.05, 0.1) is 0 Å². The molecule has 2 heteroatoms. The van der Waals surface area contributed by atoms with Crippen molar-refractivity contribution < 1.29 is 0 Å². The van der Waals surface area contributed by atoms with E-state index in [1.54, 1.807) is 0 Å². The summed E-state index contributed by atoms with van der Waals surface area (Å²) in [5, 5.41) is 3.74. The second kappa shape index (κ2) is 6.06. The smallest absolute Gasteiger partial charge is 0.0324 e. The Morgan fingerprint density at radius 3 is 2.58 bits per heavy atom. The molecule has 0 aromatic heterocycles. The van der Waals surface area contributed by atoms with Gasteiger partial charge >= 0.3 is 0 Å². The molecule has 1 heterocycles. The Bertz CT molecular complexity index is 390. The van der Waals surface area contributed by atoms with Gasteiger partial charge in [0.15, 0.2) is 0 Å². The van der Waals surface area contributed by atoms with E-state index in [0.29, 0.717) is 12.1 Å². The van der Waals surface area contributed by atoms with Gasteiger partial charge in [-0.05, 0) is 32.3 Å². The number of hydrogen-bond acceptors (Lipinski definition) is 2. The number of rotatable bonds is 4. The monoisotopic (exact) mass is 260 g/mol. The first-order valence-electron chi connectivity index (χ1n) is 7.65. The fourth-order valence-electron chi connectivity index (χ4n) is 3.06. The Kier molecular flexibility index (Phi) is 4.64. The molecular formula is C17H28N2. The van der Waals surface area contributed by atoms with Crippen molar-refractivity contribution >= 4 is 0 Å². The molecule has 19 heavy (non-hydrogen) atoms. The molecule has 2 nitrogen and oxygen atoms in total. The normalized spacial score (nSPS) is 30.2. The molecule has 0 radical (unpaired) electrons. The van der Waals surface area contributed by atoms with Crippen LogP contribution in [0.5, 0.6) is 0 Å². The first kappa shape index (κ1) is 14.5. The number of nitrogens with zero attached hydrogens (tertiary/aromatic N) is 1. The zero-order valence-electron chi connectivity index (χ0n) is 12.8. The lowest BCUT2D eigenvalue weighted by Crippen LogP contribution is -2.62. The second-order valence-electron chi connectivity index (χ2n) is 6.12. The second-order valence-corrected chi connectivity index (χ2v) is 6.12. The van der Waals surface area contributed by atoms with Crippen LogP contribution in [0.25, 0.3) is 0 Å². The van der Waals surface area contributed by atoms with E-state index in [-0.39, 0.29) is 5.54 Å². The van der Waals surface area contributed by atoms with Crippen LogP contribution in [0.3, 0.4) is 0 Å². The summed E-state index contributed by atoms with van der Waals surface area (Å²) in [7, 11) is 0. The molecule has 3 unspecified atom stereocenters. The van der Waals surface area contributed by atoms with E-state index in [4.69, 9.17) is 0 Å². The SMILES string of the molecule is CCC1CNC(C)(CC)CN1C(C)c1ccccc1. The summed E-state index contributed by atoms with van der Waals surface area (Å²) in [4.78, 5) is 2.69. The molecule has 1 saturated heterocycles. The molecule has 1 N–H and O–H groups in total. The van der Waals surface area contributed by atoms with Gasteiger partial charge in [-0.2, -0.15) is 0 Å². The number of piperazine rings is 1. The summed E-state index contributed by atoms with van der Waals surface area (Å²) in [6, 6.07) is 12.0. The van der Waals surface area contributed by atoms with Gasteiger partial charge < -0.3 is 5.32 Å². The summed E-state index contributed by atoms with van der Waals surface area (Å²) < 4.78 is 0. The summed E-state index contributed by atoms with van der Waals surface area (Å²) >= 11 is 0. The summed E-state index contributed by atoms with van der Waals surface area (Å²) in [6.07, 6.45) is 2.39. The summed E-state index contributed by atoms with van der Waals surface area (Å²) in [5.41, 5.74) is 1.69. The van der Waals surface area contributed by atoms with Gasteiger partial charge in [-0.1, -0.05) is 44.2 Å². The molecule has 0 bridgehead atoms. The molecular weight excluding hydrogens is 232 g/mol. The largest absolute Gasteiger partial charge is 0.309 e. The third-order valence-electron chi connectivity index (χ3n) is 4.80. The molecule has 0 saturated carbocycles. The highest BCUT2D eigenvalue weighted by atomic mass is 15.3. The Morgan fingerprint density at radius 1 is 1.32 bits per heavy atom. The Balaban J connectivity index is 2.18. The molecule has 2 rings (SSSR count). The lowest BCUT2D eigenvalue weighted by atomic mass is 9.90. The van der Waals surface area contributed by atoms with Crippen LogP contribution in [0.15, 0.2) is 30.3 Å². The molecule has 0 aliphatic carbocycles. The molecule has 1 aliphatic heterocycles. The maximum Gasteiger partial charge on any atom is 0.0324 e. The van der Waals surface area contributed by atoms with Crippen LogP contribution in [0.1, 0.15) is 52.1 Å². The quantitative estimate of drug-likeness (QED) is 0.890. The predicted molar refractivity (Wildman–Crippen MR) is 82.3 cm³/mol. The van der Waals surface area contributed by atoms with Gasteiger partial charge in [0, 0.05) is 30.7 Å². The van der Waals surface area contributed by atoms with Gasteiger partial charge in [0.1, 0.15) is 0 Å². The molecule has 1 aromatic rings. The van der Waals surface area contributed by atoms with Crippen molar-refractivity contribution in [1.29, 1.82) is 0 Å². The van der Waals surface area contributed by atoms with Gasteiger partial charge in [-0.25, -0.2) is 0 Å². The van der Waals surface area contributed by atoms with E-state index in [1.165, 1.54) is 18.4 Å². The Labute approximate surface area is 118 Å². The predicted octanol–water partition coefficient (Wildman–Crippen LogP) is 3.60. The van der Waals surface area contributed by atoms with Crippen LogP contribution >= 0.6 is 0 Å². The standard InChI is InChI=1S/C17H28N2/c1-5-16-12-18-17(4,6-2)13-19(16)14(3)15-10-8-7-9-11-15/h7-11,14,16,18H,5-6,12-13H2,1-4H3. The van der Waals surface area contributed by atoms with E-state index in [1.807, 2.05) is 0 Å². The lowest BCUT2D eigenvalue weighted by Gasteiger charge is -2.48. The van der Waals surface area contributed by atoms with E-state index < -0.39 is 0 Å². The lowest BCUT2D eigenvalue weighted by molar-refractivity contribution is 0.0494. The molecule has 106 valence electrons. The van der Waals surface area contributed by atoms with Crippen molar-refractivity contribution in [2.24, 2.45) is 0 Å². The fourth-order valence-corrected chi connectivity index (χ4v) is 3.06. The topological polar surface area (TPSA) is 15.3 Å². The first-order valence-corrected chi connectivity index (χ1v) is 7.65. The minimum atomic E-state index is 0.259. The Morgan fingerprint density at radius 2 is 2.00 bits per heavy atom. The van der Waals surface area contributed by atoms with Crippen LogP contribution < -0.4 is 5.32 Å². The van der Waals surface area contributed by atoms with Gasteiger partial charge in [0.2, 0.25) is 0 Å². The highest BCUT2D eigenvalue weighted by Gasteiger charge is 2.36. The van der Waals surface area contributed by atoms with Crippen molar-refractivity contribution in [3.05, 3.63) is 35.9 Å². The summed E-state index contributed by atoms with van der Waals surface area (Å²) in [6.45, 7) is 11.5. The zero-order valence-corrected chi connectivity index (χ0v) is 12.8. The van der Waals surface area contributed by atoms with E-state index in [9.17, 15) is 0 Å². The van der Waals surface area contributed by atoms with Crippen molar-refractivity contribution in [2.45, 2.75) is 58.2 Å². The molecule has 1 aliphatic rings.